The molecule has 0 aromatic heterocycles. The number of carbonyl (C=O) groups excluding carboxylic acids is 1. The minimum absolute atomic E-state index is 0. The molecule has 1 aromatic carbocycles. The number of carbonyl (C=O) groups is 1. The quantitative estimate of drug-likeness (QED) is 0.816. The van der Waals surface area contributed by atoms with Gasteiger partial charge in [0.1, 0.15) is 0 Å². The van der Waals surface area contributed by atoms with Crippen molar-refractivity contribution >= 4 is 18.3 Å². The largest absolute Gasteiger partial charge is 0.376 e. The highest BCUT2D eigenvalue weighted by atomic mass is 35.5. The molecule has 1 aliphatic carbocycles. The Morgan fingerprint density at radius 3 is 2.73 bits per heavy atom. The summed E-state index contributed by atoms with van der Waals surface area (Å²) in [6.07, 6.45) is 6.10. The molecule has 1 saturated carbocycles. The molecule has 1 amide bonds. The van der Waals surface area contributed by atoms with E-state index in [4.69, 9.17) is 4.74 Å². The topological polar surface area (TPSA) is 50.4 Å². The molecule has 0 radical (unpaired) electrons. The van der Waals surface area contributed by atoms with Gasteiger partial charge in [0.05, 0.1) is 18.8 Å². The van der Waals surface area contributed by atoms with E-state index in [1.165, 1.54) is 36.8 Å². The maximum Gasteiger partial charge on any atom is 0.237 e. The zero-order valence-corrected chi connectivity index (χ0v) is 13.7. The Labute approximate surface area is 138 Å². The highest BCUT2D eigenvalue weighted by molar-refractivity contribution is 5.85. The summed E-state index contributed by atoms with van der Waals surface area (Å²) in [5.41, 5.74) is 2.57. The average molecular weight is 325 g/mol. The molecule has 0 spiro atoms. The number of amides is 1. The molecule has 3 rings (SSSR count). The summed E-state index contributed by atoms with van der Waals surface area (Å²) < 4.78 is 5.76. The first-order valence-corrected chi connectivity index (χ1v) is 8.02. The van der Waals surface area contributed by atoms with Gasteiger partial charge in [-0.1, -0.05) is 37.1 Å². The molecule has 122 valence electrons. The highest BCUT2D eigenvalue weighted by Gasteiger charge is 2.23. The van der Waals surface area contributed by atoms with Crippen LogP contribution >= 0.6 is 12.4 Å². The molecular weight excluding hydrogens is 300 g/mol. The number of halogens is 1. The molecule has 4 nitrogen and oxygen atoms in total. The second-order valence-electron chi connectivity index (χ2n) is 5.97. The van der Waals surface area contributed by atoms with Crippen LogP contribution in [0, 0.1) is 0 Å². The van der Waals surface area contributed by atoms with Gasteiger partial charge in [0, 0.05) is 13.1 Å². The van der Waals surface area contributed by atoms with Crippen LogP contribution < -0.4 is 10.6 Å². The summed E-state index contributed by atoms with van der Waals surface area (Å²) in [6, 6.07) is 8.19. The van der Waals surface area contributed by atoms with E-state index < -0.39 is 0 Å². The first-order valence-electron chi connectivity index (χ1n) is 8.02. The summed E-state index contributed by atoms with van der Waals surface area (Å²) in [6.45, 7) is 2.00. The fourth-order valence-electron chi connectivity index (χ4n) is 3.22. The zero-order valence-electron chi connectivity index (χ0n) is 12.8. The van der Waals surface area contributed by atoms with Crippen LogP contribution in [-0.4, -0.2) is 31.2 Å². The number of hydrogen-bond donors (Lipinski definition) is 2. The molecule has 2 N–H and O–H groups in total. The number of hydrogen-bond acceptors (Lipinski definition) is 3. The number of benzene rings is 1. The SMILES string of the molecule is Cl.O=C(NCCOC1CCCC1)C1Cc2ccccc2CN1. The summed E-state index contributed by atoms with van der Waals surface area (Å²) in [5.74, 6) is 0.0829. The Morgan fingerprint density at radius 1 is 1.23 bits per heavy atom. The van der Waals surface area contributed by atoms with Crippen LogP contribution in [0.4, 0.5) is 0 Å². The van der Waals surface area contributed by atoms with E-state index in [2.05, 4.69) is 22.8 Å². The third-order valence-electron chi connectivity index (χ3n) is 4.45. The van der Waals surface area contributed by atoms with Crippen LogP contribution in [0.3, 0.4) is 0 Å². The zero-order chi connectivity index (χ0) is 14.5. The Kier molecular flexibility index (Phi) is 6.68. The average Bonchev–Trinajstić information content (AvgIpc) is 3.04. The van der Waals surface area contributed by atoms with Gasteiger partial charge < -0.3 is 15.4 Å². The van der Waals surface area contributed by atoms with E-state index in [1.807, 2.05) is 12.1 Å². The van der Waals surface area contributed by atoms with Crippen LogP contribution in [0.15, 0.2) is 24.3 Å². The van der Waals surface area contributed by atoms with Gasteiger partial charge >= 0.3 is 0 Å². The lowest BCUT2D eigenvalue weighted by molar-refractivity contribution is -0.123. The Bertz CT molecular complexity index is 489. The van der Waals surface area contributed by atoms with Crippen molar-refractivity contribution in [2.45, 2.75) is 50.8 Å². The fourth-order valence-corrected chi connectivity index (χ4v) is 3.22. The van der Waals surface area contributed by atoms with E-state index in [1.54, 1.807) is 0 Å². The van der Waals surface area contributed by atoms with Crippen molar-refractivity contribution in [1.82, 2.24) is 10.6 Å². The number of rotatable bonds is 5. The minimum atomic E-state index is -0.119. The number of fused-ring (bicyclic) bond motifs is 1. The molecule has 1 fully saturated rings. The van der Waals surface area contributed by atoms with Crippen LogP contribution in [-0.2, 0) is 22.5 Å². The standard InChI is InChI=1S/C17H24N2O2.ClH/c20-17(18-9-10-21-15-7-3-4-8-15)16-11-13-5-1-2-6-14(13)12-19-16;/h1-2,5-6,15-16,19H,3-4,7-12H2,(H,18,20);1H. The predicted molar refractivity (Wildman–Crippen MR) is 89.2 cm³/mol. The minimum Gasteiger partial charge on any atom is -0.376 e. The first-order chi connectivity index (χ1) is 10.3. The van der Waals surface area contributed by atoms with E-state index in [9.17, 15) is 4.79 Å². The van der Waals surface area contributed by atoms with E-state index in [-0.39, 0.29) is 24.4 Å². The number of ether oxygens (including phenoxy) is 1. The van der Waals surface area contributed by atoms with Gasteiger partial charge in [-0.2, -0.15) is 0 Å². The molecule has 2 aliphatic rings. The monoisotopic (exact) mass is 324 g/mol. The maximum atomic E-state index is 12.2. The van der Waals surface area contributed by atoms with Gasteiger partial charge in [0.2, 0.25) is 5.91 Å². The molecule has 1 aliphatic heterocycles. The van der Waals surface area contributed by atoms with Crippen molar-refractivity contribution in [1.29, 1.82) is 0 Å². The second kappa shape index (κ2) is 8.51. The van der Waals surface area contributed by atoms with Gasteiger partial charge in [0.25, 0.3) is 0 Å². The van der Waals surface area contributed by atoms with Crippen LogP contribution in [0.2, 0.25) is 0 Å². The predicted octanol–water partition coefficient (Wildman–Crippen LogP) is 2.20. The van der Waals surface area contributed by atoms with Gasteiger partial charge in [-0.3, -0.25) is 4.79 Å². The van der Waals surface area contributed by atoms with E-state index in [0.717, 1.165) is 13.0 Å². The smallest absolute Gasteiger partial charge is 0.237 e. The molecule has 1 unspecified atom stereocenters. The highest BCUT2D eigenvalue weighted by Crippen LogP contribution is 2.20. The van der Waals surface area contributed by atoms with Crippen molar-refractivity contribution < 1.29 is 9.53 Å². The van der Waals surface area contributed by atoms with Gasteiger partial charge in [0.15, 0.2) is 0 Å². The van der Waals surface area contributed by atoms with E-state index in [0.29, 0.717) is 19.3 Å². The van der Waals surface area contributed by atoms with Crippen LogP contribution in [0.5, 0.6) is 0 Å². The molecular formula is C17H25ClN2O2. The summed E-state index contributed by atoms with van der Waals surface area (Å²) in [5, 5.41) is 6.28. The molecule has 0 bridgehead atoms. The molecule has 22 heavy (non-hydrogen) atoms. The van der Waals surface area contributed by atoms with Gasteiger partial charge in [-0.25, -0.2) is 0 Å². The van der Waals surface area contributed by atoms with Gasteiger partial charge in [-0.05, 0) is 30.4 Å². The summed E-state index contributed by atoms with van der Waals surface area (Å²) >= 11 is 0. The lowest BCUT2D eigenvalue weighted by Crippen LogP contribution is -2.48. The molecule has 1 atom stereocenters. The number of nitrogens with one attached hydrogen (secondary N) is 2. The summed E-state index contributed by atoms with van der Waals surface area (Å²) in [4.78, 5) is 12.2. The van der Waals surface area contributed by atoms with Crippen molar-refractivity contribution in [2.24, 2.45) is 0 Å². The maximum absolute atomic E-state index is 12.2. The Morgan fingerprint density at radius 2 is 1.95 bits per heavy atom. The van der Waals surface area contributed by atoms with Crippen molar-refractivity contribution in [3.8, 4) is 0 Å². The second-order valence-corrected chi connectivity index (χ2v) is 5.97. The van der Waals surface area contributed by atoms with Crippen LogP contribution in [0.25, 0.3) is 0 Å². The van der Waals surface area contributed by atoms with Crippen molar-refractivity contribution in [2.75, 3.05) is 13.2 Å². The normalized spacial score (nSPS) is 21.0. The fraction of sp³-hybridized carbons (Fsp3) is 0.588. The van der Waals surface area contributed by atoms with Crippen LogP contribution in [0.1, 0.15) is 36.8 Å². The first kappa shape index (κ1) is 17.3. The molecule has 5 heteroatoms. The third kappa shape index (κ3) is 4.45. The molecule has 1 heterocycles. The Hall–Kier alpha value is -1.10. The third-order valence-corrected chi connectivity index (χ3v) is 4.45. The lowest BCUT2D eigenvalue weighted by Gasteiger charge is -2.25. The Balaban J connectivity index is 0.00000176. The molecule has 0 saturated heterocycles. The van der Waals surface area contributed by atoms with Crippen molar-refractivity contribution in [3.63, 3.8) is 0 Å². The molecule has 1 aromatic rings. The van der Waals surface area contributed by atoms with E-state index >= 15 is 0 Å². The van der Waals surface area contributed by atoms with Gasteiger partial charge in [-0.15, -0.1) is 12.4 Å². The lowest BCUT2D eigenvalue weighted by atomic mass is 9.95. The van der Waals surface area contributed by atoms with Crippen molar-refractivity contribution in [3.05, 3.63) is 35.4 Å². The summed E-state index contributed by atoms with van der Waals surface area (Å²) in [7, 11) is 0.